The molecular formula is C29H37N3O8S. The third kappa shape index (κ3) is 8.97. The number of hydrogen-bond donors (Lipinski definition) is 3. The average molecular weight is 588 g/mol. The molecule has 0 saturated carbocycles. The van der Waals surface area contributed by atoms with Gasteiger partial charge in [-0.2, -0.15) is 9.57 Å². The molecular weight excluding hydrogens is 550 g/mol. The van der Waals surface area contributed by atoms with Crippen LogP contribution >= 0.6 is 0 Å². The van der Waals surface area contributed by atoms with E-state index in [1.54, 1.807) is 30.3 Å². The van der Waals surface area contributed by atoms with Crippen LogP contribution in [0, 0.1) is 23.2 Å². The first kappa shape index (κ1) is 30.9. The number of benzene rings is 2. The summed E-state index contributed by atoms with van der Waals surface area (Å²) in [5, 5.41) is 23.0. The van der Waals surface area contributed by atoms with Crippen LogP contribution in [0.25, 0.3) is 0 Å². The van der Waals surface area contributed by atoms with Crippen molar-refractivity contribution in [1.82, 2.24) is 9.62 Å². The van der Waals surface area contributed by atoms with Crippen molar-refractivity contribution in [3.8, 4) is 11.8 Å². The van der Waals surface area contributed by atoms with Gasteiger partial charge >= 0.3 is 6.09 Å². The third-order valence-corrected chi connectivity index (χ3v) is 7.77. The summed E-state index contributed by atoms with van der Waals surface area (Å²) in [7, 11) is 0. The molecule has 11 nitrogen and oxygen atoms in total. The number of nitrogens with one attached hydrogen (secondary N) is 1. The van der Waals surface area contributed by atoms with Crippen molar-refractivity contribution in [2.75, 3.05) is 26.3 Å². The van der Waals surface area contributed by atoms with Crippen molar-refractivity contribution in [1.29, 1.82) is 5.26 Å². The van der Waals surface area contributed by atoms with Gasteiger partial charge in [0.2, 0.25) is 11.3 Å². The average Bonchev–Trinajstić information content (AvgIpc) is 3.57. The number of rotatable bonds is 13. The monoisotopic (exact) mass is 587 g/mol. The predicted molar refractivity (Wildman–Crippen MR) is 150 cm³/mol. The minimum atomic E-state index is -2.29. The standard InChI is InChI=1S/C29H37N3O8S/c1-19(2)15-32(41(35)36)16-26(33)25(31-29(34)40-27-18-39-28-24(27)10-11-37-28)13-20-6-8-23(9-7-20)38-17-22-5-3-4-21(12-22)14-30/h3-9,12,19,24-28,33H,10-11,13,15-18H2,1-2H3,(H,31,34)(H,35,36)/t24-,25-,26+,27-,28+/m0/s1. The lowest BCUT2D eigenvalue weighted by molar-refractivity contribution is -0.0907. The van der Waals surface area contributed by atoms with E-state index >= 15 is 0 Å². The van der Waals surface area contributed by atoms with E-state index in [0.29, 0.717) is 31.1 Å². The summed E-state index contributed by atoms with van der Waals surface area (Å²) in [6, 6.07) is 15.7. The van der Waals surface area contributed by atoms with E-state index in [9.17, 15) is 18.7 Å². The van der Waals surface area contributed by atoms with Crippen LogP contribution in [0.15, 0.2) is 48.5 Å². The second kappa shape index (κ2) is 14.7. The zero-order valence-electron chi connectivity index (χ0n) is 23.2. The molecule has 2 heterocycles. The number of alkyl carbamates (subject to hydrolysis) is 1. The van der Waals surface area contributed by atoms with Gasteiger partial charge in [0, 0.05) is 13.1 Å². The summed E-state index contributed by atoms with van der Waals surface area (Å²) in [6.07, 6.45) is -1.70. The molecule has 0 radical (unpaired) electrons. The normalized spacial score (nSPS) is 22.1. The zero-order valence-corrected chi connectivity index (χ0v) is 24.0. The fourth-order valence-corrected chi connectivity index (χ4v) is 5.68. The summed E-state index contributed by atoms with van der Waals surface area (Å²) < 4.78 is 45.5. The Labute approximate surface area is 242 Å². The second-order valence-electron chi connectivity index (χ2n) is 10.7. The van der Waals surface area contributed by atoms with Crippen LogP contribution in [0.4, 0.5) is 4.79 Å². The summed E-state index contributed by atoms with van der Waals surface area (Å²) in [4.78, 5) is 12.9. The number of hydrogen-bond acceptors (Lipinski definition) is 8. The Bertz CT molecular complexity index is 1220. The Kier molecular flexibility index (Phi) is 11.1. The van der Waals surface area contributed by atoms with Crippen molar-refractivity contribution >= 4 is 17.4 Å². The second-order valence-corrected chi connectivity index (χ2v) is 11.7. The topological polar surface area (TPSA) is 151 Å². The van der Waals surface area contributed by atoms with Gasteiger partial charge in [-0.25, -0.2) is 9.00 Å². The van der Waals surface area contributed by atoms with E-state index in [2.05, 4.69) is 11.4 Å². The van der Waals surface area contributed by atoms with Crippen LogP contribution in [-0.2, 0) is 38.5 Å². The van der Waals surface area contributed by atoms with Crippen LogP contribution in [0.1, 0.15) is 37.0 Å². The number of carbonyl (C=O) groups is 1. The largest absolute Gasteiger partial charge is 0.489 e. The minimum Gasteiger partial charge on any atom is -0.489 e. The van der Waals surface area contributed by atoms with Gasteiger partial charge in [0.15, 0.2) is 6.29 Å². The highest BCUT2D eigenvalue weighted by atomic mass is 32.2. The Morgan fingerprint density at radius 2 is 1.98 bits per heavy atom. The maximum Gasteiger partial charge on any atom is 0.407 e. The molecule has 0 aliphatic carbocycles. The van der Waals surface area contributed by atoms with E-state index < -0.39 is 35.6 Å². The van der Waals surface area contributed by atoms with Crippen molar-refractivity contribution in [3.63, 3.8) is 0 Å². The van der Waals surface area contributed by atoms with Gasteiger partial charge in [-0.1, -0.05) is 38.1 Å². The lowest BCUT2D eigenvalue weighted by atomic mass is 10.0. The van der Waals surface area contributed by atoms with E-state index in [4.69, 9.17) is 24.2 Å². The lowest BCUT2D eigenvalue weighted by Gasteiger charge is -2.29. The quantitative estimate of drug-likeness (QED) is 0.301. The molecule has 0 bridgehead atoms. The van der Waals surface area contributed by atoms with Crippen LogP contribution in [-0.4, -0.2) is 75.1 Å². The summed E-state index contributed by atoms with van der Waals surface area (Å²) in [5.74, 6) is 0.680. The smallest absolute Gasteiger partial charge is 0.407 e. The fraction of sp³-hybridized carbons (Fsp3) is 0.517. The Balaban J connectivity index is 1.40. The van der Waals surface area contributed by atoms with E-state index in [-0.39, 0.29) is 37.7 Å². The van der Waals surface area contributed by atoms with Crippen LogP contribution < -0.4 is 10.1 Å². The van der Waals surface area contributed by atoms with Crippen LogP contribution in [0.2, 0.25) is 0 Å². The van der Waals surface area contributed by atoms with Gasteiger partial charge in [-0.3, -0.25) is 4.55 Å². The highest BCUT2D eigenvalue weighted by Gasteiger charge is 2.44. The molecule has 2 aliphatic rings. The molecule has 0 spiro atoms. The molecule has 2 fully saturated rings. The molecule has 12 heteroatoms. The summed E-state index contributed by atoms with van der Waals surface area (Å²) in [5.41, 5.74) is 2.24. The number of amides is 1. The number of nitriles is 1. The number of carbonyl (C=O) groups excluding carboxylic acids is 1. The minimum absolute atomic E-state index is 0.0302. The van der Waals surface area contributed by atoms with Crippen molar-refractivity contribution < 1.29 is 37.6 Å². The van der Waals surface area contributed by atoms with Gasteiger partial charge < -0.3 is 29.4 Å². The summed E-state index contributed by atoms with van der Waals surface area (Å²) in [6.45, 7) is 5.08. The lowest BCUT2D eigenvalue weighted by Crippen LogP contribution is -2.51. The van der Waals surface area contributed by atoms with Gasteiger partial charge in [0.05, 0.1) is 42.9 Å². The number of nitrogens with zero attached hydrogens (tertiary/aromatic N) is 2. The third-order valence-electron chi connectivity index (χ3n) is 7.03. The molecule has 2 saturated heterocycles. The Morgan fingerprint density at radius 1 is 1.20 bits per heavy atom. The number of fused-ring (bicyclic) bond motifs is 1. The van der Waals surface area contributed by atoms with Gasteiger partial charge in [0.25, 0.3) is 0 Å². The van der Waals surface area contributed by atoms with Crippen molar-refractivity contribution in [2.24, 2.45) is 11.8 Å². The molecule has 0 aromatic heterocycles. The Morgan fingerprint density at radius 3 is 2.68 bits per heavy atom. The molecule has 41 heavy (non-hydrogen) atoms. The SMILES string of the molecule is CC(C)CN(C[C@@H](O)[C@H](Cc1ccc(OCc2cccc(C#N)c2)cc1)NC(=O)O[C@H]1CO[C@H]2OCC[C@H]21)S(=O)O. The molecule has 1 amide bonds. The number of aliphatic hydroxyl groups excluding tert-OH is 1. The number of aliphatic hydroxyl groups is 1. The maximum absolute atomic E-state index is 12.9. The molecule has 2 aromatic rings. The molecule has 1 unspecified atom stereocenters. The molecule has 2 aliphatic heterocycles. The molecule has 4 rings (SSSR count). The predicted octanol–water partition coefficient (Wildman–Crippen LogP) is 2.99. The first-order valence-electron chi connectivity index (χ1n) is 13.7. The van der Waals surface area contributed by atoms with Crippen LogP contribution in [0.3, 0.4) is 0 Å². The number of ether oxygens (including phenoxy) is 4. The van der Waals surface area contributed by atoms with Crippen LogP contribution in [0.5, 0.6) is 5.75 Å². The van der Waals surface area contributed by atoms with E-state index in [1.807, 2.05) is 32.0 Å². The van der Waals surface area contributed by atoms with E-state index in [0.717, 1.165) is 17.5 Å². The maximum atomic E-state index is 12.9. The van der Waals surface area contributed by atoms with E-state index in [1.165, 1.54) is 4.31 Å². The highest BCUT2D eigenvalue weighted by Crippen LogP contribution is 2.33. The summed E-state index contributed by atoms with van der Waals surface area (Å²) >= 11 is -2.29. The van der Waals surface area contributed by atoms with Crippen molar-refractivity contribution in [3.05, 3.63) is 65.2 Å². The van der Waals surface area contributed by atoms with Gasteiger partial charge in [-0.05, 0) is 54.2 Å². The zero-order chi connectivity index (χ0) is 29.4. The molecule has 2 aromatic carbocycles. The van der Waals surface area contributed by atoms with Crippen molar-refractivity contribution in [2.45, 2.75) is 57.8 Å². The first-order chi connectivity index (χ1) is 19.7. The van der Waals surface area contributed by atoms with Gasteiger partial charge in [0.1, 0.15) is 18.5 Å². The fourth-order valence-electron chi connectivity index (χ4n) is 4.97. The van der Waals surface area contributed by atoms with Gasteiger partial charge in [-0.15, -0.1) is 0 Å². The molecule has 222 valence electrons. The molecule has 6 atom stereocenters. The highest BCUT2D eigenvalue weighted by molar-refractivity contribution is 7.76. The molecule has 3 N–H and O–H groups in total. The Hall–Kier alpha value is -3.05. The first-order valence-corrected chi connectivity index (χ1v) is 14.7.